The van der Waals surface area contributed by atoms with Crippen molar-refractivity contribution in [3.8, 4) is 5.75 Å². The van der Waals surface area contributed by atoms with Crippen LogP contribution in [-0.2, 0) is 9.53 Å². The maximum atomic E-state index is 11.9. The van der Waals surface area contributed by atoms with Gasteiger partial charge in [-0.1, -0.05) is 17.7 Å². The van der Waals surface area contributed by atoms with Gasteiger partial charge in [0.25, 0.3) is 5.91 Å². The maximum Gasteiger partial charge on any atom is 0.258 e. The zero-order valence-corrected chi connectivity index (χ0v) is 12.9. The van der Waals surface area contributed by atoms with Gasteiger partial charge in [0.1, 0.15) is 5.75 Å². The van der Waals surface area contributed by atoms with Crippen molar-refractivity contribution in [2.75, 3.05) is 33.4 Å². The standard InChI is InChI=1S/C15H21ClN2O3/c1-20-11-15(6-3-7-18-15)10-17-14(19)9-21-13-5-2-4-12(16)8-13/h2,4-5,8,18H,3,6-7,9-11H2,1H3,(H,17,19). The first kappa shape index (κ1) is 16.1. The molecule has 2 N–H and O–H groups in total. The molecule has 0 bridgehead atoms. The Morgan fingerprint density at radius 2 is 2.38 bits per heavy atom. The molecule has 0 aliphatic carbocycles. The Hall–Kier alpha value is -1.30. The molecular weight excluding hydrogens is 292 g/mol. The van der Waals surface area contributed by atoms with Crippen LogP contribution in [-0.4, -0.2) is 44.9 Å². The Morgan fingerprint density at radius 1 is 1.52 bits per heavy atom. The summed E-state index contributed by atoms with van der Waals surface area (Å²) < 4.78 is 10.7. The van der Waals surface area contributed by atoms with Crippen molar-refractivity contribution in [3.63, 3.8) is 0 Å². The lowest BCUT2D eigenvalue weighted by molar-refractivity contribution is -0.123. The van der Waals surface area contributed by atoms with Crippen molar-refractivity contribution in [2.24, 2.45) is 0 Å². The molecule has 0 radical (unpaired) electrons. The van der Waals surface area contributed by atoms with E-state index in [9.17, 15) is 4.79 Å². The number of carbonyl (C=O) groups is 1. The van der Waals surface area contributed by atoms with Gasteiger partial charge in [-0.15, -0.1) is 0 Å². The van der Waals surface area contributed by atoms with E-state index in [-0.39, 0.29) is 18.1 Å². The summed E-state index contributed by atoms with van der Waals surface area (Å²) in [5, 5.41) is 6.89. The van der Waals surface area contributed by atoms with Crippen molar-refractivity contribution in [1.82, 2.24) is 10.6 Å². The predicted octanol–water partition coefficient (Wildman–Crippen LogP) is 1.60. The zero-order chi connectivity index (χ0) is 15.1. The van der Waals surface area contributed by atoms with Crippen LogP contribution in [0.5, 0.6) is 5.75 Å². The normalized spacial score (nSPS) is 21.2. The number of ether oxygens (including phenoxy) is 2. The molecule has 1 aromatic rings. The summed E-state index contributed by atoms with van der Waals surface area (Å²) in [7, 11) is 1.67. The molecule has 1 fully saturated rings. The molecule has 1 atom stereocenters. The third-order valence-corrected chi connectivity index (χ3v) is 3.78. The highest BCUT2D eigenvalue weighted by Crippen LogP contribution is 2.19. The second-order valence-corrected chi connectivity index (χ2v) is 5.70. The van der Waals surface area contributed by atoms with Gasteiger partial charge in [0.2, 0.25) is 0 Å². The van der Waals surface area contributed by atoms with E-state index in [4.69, 9.17) is 21.1 Å². The van der Waals surface area contributed by atoms with Crippen molar-refractivity contribution in [1.29, 1.82) is 0 Å². The summed E-state index contributed by atoms with van der Waals surface area (Å²) in [5.74, 6) is 0.433. The highest BCUT2D eigenvalue weighted by atomic mass is 35.5. The minimum absolute atomic E-state index is 0.0244. The maximum absolute atomic E-state index is 11.9. The summed E-state index contributed by atoms with van der Waals surface area (Å²) in [6.07, 6.45) is 2.09. The average molecular weight is 313 g/mol. The van der Waals surface area contributed by atoms with Gasteiger partial charge in [-0.25, -0.2) is 0 Å². The van der Waals surface area contributed by atoms with E-state index in [2.05, 4.69) is 10.6 Å². The van der Waals surface area contributed by atoms with Crippen LogP contribution in [0.25, 0.3) is 0 Å². The fraction of sp³-hybridized carbons (Fsp3) is 0.533. The monoisotopic (exact) mass is 312 g/mol. The van der Waals surface area contributed by atoms with Crippen LogP contribution < -0.4 is 15.4 Å². The lowest BCUT2D eigenvalue weighted by Gasteiger charge is -2.28. The average Bonchev–Trinajstić information content (AvgIpc) is 2.92. The molecule has 0 saturated carbocycles. The van der Waals surface area contributed by atoms with Crippen molar-refractivity contribution in [2.45, 2.75) is 18.4 Å². The number of benzene rings is 1. The minimum atomic E-state index is -0.154. The SMILES string of the molecule is COCC1(CNC(=O)COc2cccc(Cl)c2)CCCN1. The molecule has 1 heterocycles. The quantitative estimate of drug-likeness (QED) is 0.803. The number of carbonyl (C=O) groups excluding carboxylic acids is 1. The summed E-state index contributed by atoms with van der Waals surface area (Å²) in [4.78, 5) is 11.9. The summed E-state index contributed by atoms with van der Waals surface area (Å²) in [6, 6.07) is 6.99. The summed E-state index contributed by atoms with van der Waals surface area (Å²) in [6.45, 7) is 2.06. The van der Waals surface area contributed by atoms with Gasteiger partial charge in [-0.2, -0.15) is 0 Å². The molecule has 0 aromatic heterocycles. The third-order valence-electron chi connectivity index (χ3n) is 3.54. The fourth-order valence-electron chi connectivity index (χ4n) is 2.49. The van der Waals surface area contributed by atoms with Crippen LogP contribution in [0.15, 0.2) is 24.3 Å². The number of nitrogens with one attached hydrogen (secondary N) is 2. The van der Waals surface area contributed by atoms with E-state index in [1.54, 1.807) is 31.4 Å². The first-order chi connectivity index (χ1) is 10.1. The van der Waals surface area contributed by atoms with Crippen LogP contribution >= 0.6 is 11.6 Å². The molecule has 1 aliphatic heterocycles. The lowest BCUT2D eigenvalue weighted by Crippen LogP contribution is -2.53. The number of halogens is 1. The Kier molecular flexibility index (Phi) is 5.85. The molecule has 1 amide bonds. The van der Waals surface area contributed by atoms with E-state index in [1.165, 1.54) is 0 Å². The van der Waals surface area contributed by atoms with Gasteiger partial charge in [0, 0.05) is 18.7 Å². The molecule has 0 spiro atoms. The summed E-state index contributed by atoms with van der Waals surface area (Å²) in [5.41, 5.74) is -0.152. The van der Waals surface area contributed by atoms with Crippen molar-refractivity contribution >= 4 is 17.5 Å². The zero-order valence-electron chi connectivity index (χ0n) is 12.2. The van der Waals surface area contributed by atoms with Crippen LogP contribution in [0.4, 0.5) is 0 Å². The largest absolute Gasteiger partial charge is 0.484 e. The van der Waals surface area contributed by atoms with Gasteiger partial charge in [-0.3, -0.25) is 4.79 Å². The fourth-order valence-corrected chi connectivity index (χ4v) is 2.67. The molecule has 1 saturated heterocycles. The molecular formula is C15H21ClN2O3. The third kappa shape index (κ3) is 4.88. The molecule has 21 heavy (non-hydrogen) atoms. The molecule has 1 aliphatic rings. The molecule has 2 rings (SSSR count). The first-order valence-electron chi connectivity index (χ1n) is 7.03. The van der Waals surface area contributed by atoms with Crippen LogP contribution in [0.2, 0.25) is 5.02 Å². The van der Waals surface area contributed by atoms with Crippen LogP contribution in [0, 0.1) is 0 Å². The van der Waals surface area contributed by atoms with Gasteiger partial charge < -0.3 is 20.1 Å². The van der Waals surface area contributed by atoms with E-state index >= 15 is 0 Å². The van der Waals surface area contributed by atoms with Gasteiger partial charge >= 0.3 is 0 Å². The Labute approximate surface area is 130 Å². The summed E-state index contributed by atoms with van der Waals surface area (Å²) >= 11 is 5.86. The van der Waals surface area contributed by atoms with Gasteiger partial charge in [0.05, 0.1) is 12.1 Å². The van der Waals surface area contributed by atoms with Crippen LogP contribution in [0.3, 0.4) is 0 Å². The smallest absolute Gasteiger partial charge is 0.258 e. The first-order valence-corrected chi connectivity index (χ1v) is 7.40. The number of hydrogen-bond donors (Lipinski definition) is 2. The molecule has 116 valence electrons. The highest BCUT2D eigenvalue weighted by Gasteiger charge is 2.33. The van der Waals surface area contributed by atoms with Gasteiger partial charge in [0.15, 0.2) is 6.61 Å². The minimum Gasteiger partial charge on any atom is -0.484 e. The molecule has 5 nitrogen and oxygen atoms in total. The lowest BCUT2D eigenvalue weighted by atomic mass is 9.99. The molecule has 1 aromatic carbocycles. The van der Waals surface area contributed by atoms with Crippen molar-refractivity contribution in [3.05, 3.63) is 29.3 Å². The number of rotatable bonds is 7. The molecule has 6 heteroatoms. The van der Waals surface area contributed by atoms with Gasteiger partial charge in [-0.05, 0) is 37.6 Å². The second-order valence-electron chi connectivity index (χ2n) is 5.27. The highest BCUT2D eigenvalue weighted by molar-refractivity contribution is 6.30. The van der Waals surface area contributed by atoms with E-state index < -0.39 is 0 Å². The van der Waals surface area contributed by atoms with E-state index in [0.29, 0.717) is 23.9 Å². The number of methoxy groups -OCH3 is 1. The topological polar surface area (TPSA) is 59.6 Å². The number of amides is 1. The van der Waals surface area contributed by atoms with Crippen LogP contribution in [0.1, 0.15) is 12.8 Å². The van der Waals surface area contributed by atoms with E-state index in [1.807, 2.05) is 0 Å². The predicted molar refractivity (Wildman–Crippen MR) is 81.8 cm³/mol. The Bertz CT molecular complexity index is 476. The van der Waals surface area contributed by atoms with Crippen molar-refractivity contribution < 1.29 is 14.3 Å². The second kappa shape index (κ2) is 7.64. The van der Waals surface area contributed by atoms with E-state index in [0.717, 1.165) is 19.4 Å². The number of hydrogen-bond acceptors (Lipinski definition) is 4. The Balaban J connectivity index is 1.76. The molecule has 1 unspecified atom stereocenters. The Morgan fingerprint density at radius 3 is 3.05 bits per heavy atom.